The minimum Gasteiger partial charge on any atom is -0.508 e. The Morgan fingerprint density at radius 1 is 1.00 bits per heavy atom. The third-order valence-electron chi connectivity index (χ3n) is 2.67. The van der Waals surface area contributed by atoms with Gasteiger partial charge in [0.05, 0.1) is 0 Å². The summed E-state index contributed by atoms with van der Waals surface area (Å²) < 4.78 is 12.1. The Morgan fingerprint density at radius 2 is 1.72 bits per heavy atom. The fraction of sp³-hybridized carbons (Fsp3) is 0.143. The lowest BCUT2D eigenvalue weighted by Crippen LogP contribution is -2.00. The minimum absolute atomic E-state index is 0.0193. The van der Waals surface area contributed by atoms with Crippen LogP contribution in [0.3, 0.4) is 0 Å². The summed E-state index contributed by atoms with van der Waals surface area (Å²) in [5, 5.41) is 19.3. The highest BCUT2D eigenvalue weighted by atomic mass is 31.1. The zero-order valence-electron chi connectivity index (χ0n) is 9.78. The van der Waals surface area contributed by atoms with Crippen LogP contribution in [0, 0.1) is 0 Å². The number of benzene rings is 2. The summed E-state index contributed by atoms with van der Waals surface area (Å²) >= 11 is 0. The van der Waals surface area contributed by atoms with E-state index in [0.29, 0.717) is 17.9 Å². The van der Waals surface area contributed by atoms with Crippen molar-refractivity contribution in [2.24, 2.45) is 0 Å². The van der Waals surface area contributed by atoms with Crippen LogP contribution in [-0.4, -0.2) is 16.4 Å². The van der Waals surface area contributed by atoms with Gasteiger partial charge in [-0.2, -0.15) is 0 Å². The zero-order valence-corrected chi connectivity index (χ0v) is 10.7. The number of rotatable bonds is 4. The molecule has 92 valence electrons. The standard InChI is InChI=1S/C14H13O3P/c15-12-6-7-13(16)14(10-12)18(17)9-8-11-4-2-1-3-5-11/h1-7,10H,8-9H2,(H-,15,16,17)/p+1. The Morgan fingerprint density at radius 3 is 2.44 bits per heavy atom. The number of hydrogen-bond donors (Lipinski definition) is 2. The summed E-state index contributed by atoms with van der Waals surface area (Å²) in [5.41, 5.74) is 1.11. The maximum atomic E-state index is 12.1. The molecule has 0 fully saturated rings. The number of phenols is 2. The van der Waals surface area contributed by atoms with Gasteiger partial charge in [-0.15, -0.1) is 0 Å². The Balaban J connectivity index is 2.06. The quantitative estimate of drug-likeness (QED) is 0.657. The van der Waals surface area contributed by atoms with Crippen molar-refractivity contribution in [3.63, 3.8) is 0 Å². The van der Waals surface area contributed by atoms with Crippen LogP contribution in [0.5, 0.6) is 11.5 Å². The van der Waals surface area contributed by atoms with Gasteiger partial charge in [0.2, 0.25) is 5.30 Å². The maximum Gasteiger partial charge on any atom is 0.381 e. The van der Waals surface area contributed by atoms with Gasteiger partial charge in [0.1, 0.15) is 5.75 Å². The van der Waals surface area contributed by atoms with Gasteiger partial charge in [-0.25, -0.2) is 0 Å². The lowest BCUT2D eigenvalue weighted by atomic mass is 10.2. The first kappa shape index (κ1) is 12.6. The van der Waals surface area contributed by atoms with Gasteiger partial charge in [-0.3, -0.25) is 0 Å². The van der Waals surface area contributed by atoms with E-state index >= 15 is 0 Å². The molecular formula is C14H14O3P+. The second-order valence-electron chi connectivity index (χ2n) is 4.01. The van der Waals surface area contributed by atoms with Crippen LogP contribution in [0.4, 0.5) is 0 Å². The summed E-state index contributed by atoms with van der Waals surface area (Å²) in [7, 11) is -1.70. The molecule has 2 N–H and O–H groups in total. The molecule has 0 aromatic heterocycles. The van der Waals surface area contributed by atoms with Crippen molar-refractivity contribution < 1.29 is 14.8 Å². The molecule has 3 nitrogen and oxygen atoms in total. The minimum atomic E-state index is -1.70. The molecule has 18 heavy (non-hydrogen) atoms. The molecule has 0 heterocycles. The van der Waals surface area contributed by atoms with Crippen LogP contribution in [-0.2, 0) is 11.0 Å². The van der Waals surface area contributed by atoms with Crippen LogP contribution >= 0.6 is 7.80 Å². The average molecular weight is 261 g/mol. The molecule has 1 atom stereocenters. The molecule has 0 aliphatic carbocycles. The van der Waals surface area contributed by atoms with E-state index in [2.05, 4.69) is 0 Å². The van der Waals surface area contributed by atoms with Crippen molar-refractivity contribution in [3.05, 3.63) is 54.1 Å². The molecular weight excluding hydrogens is 247 g/mol. The maximum absolute atomic E-state index is 12.1. The van der Waals surface area contributed by atoms with Gasteiger partial charge < -0.3 is 10.2 Å². The van der Waals surface area contributed by atoms with E-state index in [0.717, 1.165) is 5.56 Å². The number of aromatic hydroxyl groups is 2. The zero-order chi connectivity index (χ0) is 13.0. The predicted molar refractivity (Wildman–Crippen MR) is 72.0 cm³/mol. The Hall–Kier alpha value is -1.86. The molecule has 1 unspecified atom stereocenters. The first-order chi connectivity index (χ1) is 8.66. The fourth-order valence-corrected chi connectivity index (χ4v) is 3.02. The third-order valence-corrected chi connectivity index (χ3v) is 4.20. The highest BCUT2D eigenvalue weighted by molar-refractivity contribution is 7.53. The fourth-order valence-electron chi connectivity index (χ4n) is 1.71. The molecule has 0 saturated heterocycles. The summed E-state index contributed by atoms with van der Waals surface area (Å²) in [6.07, 6.45) is 1.14. The van der Waals surface area contributed by atoms with Crippen molar-refractivity contribution in [2.75, 3.05) is 6.16 Å². The van der Waals surface area contributed by atoms with E-state index in [9.17, 15) is 14.8 Å². The van der Waals surface area contributed by atoms with E-state index in [1.54, 1.807) is 0 Å². The number of hydrogen-bond acceptors (Lipinski definition) is 3. The van der Waals surface area contributed by atoms with Crippen molar-refractivity contribution in [1.29, 1.82) is 0 Å². The van der Waals surface area contributed by atoms with Crippen molar-refractivity contribution in [1.82, 2.24) is 0 Å². The second-order valence-corrected chi connectivity index (χ2v) is 5.70. The van der Waals surface area contributed by atoms with Crippen LogP contribution < -0.4 is 5.30 Å². The Kier molecular flexibility index (Phi) is 3.96. The van der Waals surface area contributed by atoms with Gasteiger partial charge in [-0.05, 0) is 17.7 Å². The normalized spacial score (nSPS) is 11.2. The number of aryl methyl sites for hydroxylation is 1. The first-order valence-corrected chi connectivity index (χ1v) is 7.12. The van der Waals surface area contributed by atoms with Crippen LogP contribution in [0.15, 0.2) is 48.5 Å². The highest BCUT2D eigenvalue weighted by Crippen LogP contribution is 2.28. The van der Waals surface area contributed by atoms with Gasteiger partial charge >= 0.3 is 7.80 Å². The second kappa shape index (κ2) is 5.65. The van der Waals surface area contributed by atoms with Crippen molar-refractivity contribution in [2.45, 2.75) is 6.42 Å². The third kappa shape index (κ3) is 3.08. The summed E-state index contributed by atoms with van der Waals surface area (Å²) in [4.78, 5) is 0. The van der Waals surface area contributed by atoms with E-state index in [4.69, 9.17) is 0 Å². The molecule has 4 heteroatoms. The monoisotopic (exact) mass is 261 g/mol. The van der Waals surface area contributed by atoms with E-state index in [1.807, 2.05) is 30.3 Å². The van der Waals surface area contributed by atoms with E-state index in [1.165, 1.54) is 18.2 Å². The molecule has 0 saturated carbocycles. The average Bonchev–Trinajstić information content (AvgIpc) is 2.40. The Bertz CT molecular complexity index is 552. The molecule has 0 spiro atoms. The topological polar surface area (TPSA) is 57.5 Å². The smallest absolute Gasteiger partial charge is 0.381 e. The van der Waals surface area contributed by atoms with Crippen molar-refractivity contribution in [3.8, 4) is 11.5 Å². The number of phenolic OH excluding ortho intramolecular Hbond substituents is 2. The van der Waals surface area contributed by atoms with Gasteiger partial charge in [0, 0.05) is 12.5 Å². The van der Waals surface area contributed by atoms with Gasteiger partial charge in [-0.1, -0.05) is 34.9 Å². The lowest BCUT2D eigenvalue weighted by Gasteiger charge is -1.97. The predicted octanol–water partition coefficient (Wildman–Crippen LogP) is 2.79. The van der Waals surface area contributed by atoms with E-state index in [-0.39, 0.29) is 11.5 Å². The molecule has 0 amide bonds. The molecule has 0 aliphatic heterocycles. The van der Waals surface area contributed by atoms with E-state index < -0.39 is 7.80 Å². The molecule has 0 aliphatic rings. The molecule has 0 radical (unpaired) electrons. The van der Waals surface area contributed by atoms with Gasteiger partial charge in [0.15, 0.2) is 11.9 Å². The largest absolute Gasteiger partial charge is 0.508 e. The summed E-state index contributed by atoms with van der Waals surface area (Å²) in [5.74, 6) is -0.00664. The molecule has 0 bridgehead atoms. The van der Waals surface area contributed by atoms with Crippen LogP contribution in [0.25, 0.3) is 0 Å². The first-order valence-electron chi connectivity index (χ1n) is 5.67. The molecule has 2 aromatic rings. The SMILES string of the molecule is O=[P+](CCc1ccccc1)c1cc(O)ccc1O. The van der Waals surface area contributed by atoms with Gasteiger partial charge in [0.25, 0.3) is 0 Å². The lowest BCUT2D eigenvalue weighted by molar-refractivity contribution is 0.463. The summed E-state index contributed by atoms with van der Waals surface area (Å²) in [6.45, 7) is 0. The van der Waals surface area contributed by atoms with Crippen LogP contribution in [0.2, 0.25) is 0 Å². The molecule has 2 aromatic carbocycles. The summed E-state index contributed by atoms with van der Waals surface area (Å²) in [6, 6.07) is 13.9. The highest BCUT2D eigenvalue weighted by Gasteiger charge is 2.24. The molecule has 2 rings (SSSR count). The van der Waals surface area contributed by atoms with Crippen molar-refractivity contribution >= 4 is 13.1 Å². The van der Waals surface area contributed by atoms with Crippen LogP contribution in [0.1, 0.15) is 5.56 Å². The Labute approximate surface area is 107 Å².